The van der Waals surface area contributed by atoms with E-state index >= 15 is 0 Å². The van der Waals surface area contributed by atoms with Crippen molar-refractivity contribution < 1.29 is 14.3 Å². The molecule has 0 atom stereocenters. The summed E-state index contributed by atoms with van der Waals surface area (Å²) < 4.78 is 7.01. The second kappa shape index (κ2) is 6.58. The number of Topliss-reactive ketones (excluding diaryl/α,β-unsaturated/α-hetero) is 1. The SMILES string of the molecule is CC(=O)n1cc(C(=O)COCc2ccccc2)c2ccccc21. The summed E-state index contributed by atoms with van der Waals surface area (Å²) in [7, 11) is 0. The lowest BCUT2D eigenvalue weighted by molar-refractivity contribution is 0.0728. The number of fused-ring (bicyclic) bond motifs is 1. The summed E-state index contributed by atoms with van der Waals surface area (Å²) in [5.41, 5.74) is 2.28. The Morgan fingerprint density at radius 1 is 1.00 bits per heavy atom. The van der Waals surface area contributed by atoms with Gasteiger partial charge >= 0.3 is 0 Å². The van der Waals surface area contributed by atoms with Crippen LogP contribution in [0.15, 0.2) is 60.8 Å². The average Bonchev–Trinajstić information content (AvgIpc) is 2.96. The van der Waals surface area contributed by atoms with E-state index in [4.69, 9.17) is 4.74 Å². The Kier molecular flexibility index (Phi) is 4.35. The Morgan fingerprint density at radius 2 is 1.70 bits per heavy atom. The highest BCUT2D eigenvalue weighted by atomic mass is 16.5. The summed E-state index contributed by atoms with van der Waals surface area (Å²) in [5.74, 6) is -0.248. The van der Waals surface area contributed by atoms with Crippen LogP contribution in [0.1, 0.15) is 27.6 Å². The Morgan fingerprint density at radius 3 is 2.43 bits per heavy atom. The van der Waals surface area contributed by atoms with Gasteiger partial charge < -0.3 is 4.74 Å². The van der Waals surface area contributed by atoms with Gasteiger partial charge in [-0.2, -0.15) is 0 Å². The topological polar surface area (TPSA) is 48.3 Å². The standard InChI is InChI=1S/C19H17NO3/c1-14(21)20-11-17(16-9-5-6-10-18(16)20)19(22)13-23-12-15-7-3-2-4-8-15/h2-11H,12-13H2,1H3. The minimum Gasteiger partial charge on any atom is -0.369 e. The van der Waals surface area contributed by atoms with Crippen molar-refractivity contribution in [2.24, 2.45) is 0 Å². The average molecular weight is 307 g/mol. The highest BCUT2D eigenvalue weighted by Gasteiger charge is 2.16. The van der Waals surface area contributed by atoms with E-state index in [0.717, 1.165) is 16.5 Å². The smallest absolute Gasteiger partial charge is 0.227 e. The van der Waals surface area contributed by atoms with E-state index in [1.165, 1.54) is 11.5 Å². The summed E-state index contributed by atoms with van der Waals surface area (Å²) in [6.07, 6.45) is 1.60. The first kappa shape index (κ1) is 15.2. The Hall–Kier alpha value is -2.72. The van der Waals surface area contributed by atoms with E-state index < -0.39 is 0 Å². The predicted molar refractivity (Wildman–Crippen MR) is 88.7 cm³/mol. The third-order valence-corrected chi connectivity index (χ3v) is 3.70. The molecule has 0 unspecified atom stereocenters. The number of rotatable bonds is 5. The number of aromatic nitrogens is 1. The quantitative estimate of drug-likeness (QED) is 0.675. The van der Waals surface area contributed by atoms with Crippen molar-refractivity contribution in [3.05, 3.63) is 71.9 Å². The molecule has 0 amide bonds. The van der Waals surface area contributed by atoms with Crippen LogP contribution in [0.25, 0.3) is 10.9 Å². The Labute approximate surface area is 134 Å². The second-order valence-corrected chi connectivity index (χ2v) is 5.35. The number of para-hydroxylation sites is 1. The van der Waals surface area contributed by atoms with Gasteiger partial charge in [-0.05, 0) is 11.6 Å². The molecule has 3 aromatic rings. The number of ketones is 1. The summed E-state index contributed by atoms with van der Waals surface area (Å²) in [6.45, 7) is 1.85. The van der Waals surface area contributed by atoms with E-state index in [-0.39, 0.29) is 18.3 Å². The highest BCUT2D eigenvalue weighted by molar-refractivity contribution is 6.10. The molecule has 0 N–H and O–H groups in total. The lowest BCUT2D eigenvalue weighted by Crippen LogP contribution is -2.09. The zero-order chi connectivity index (χ0) is 16.2. The minimum absolute atomic E-state index is 0.0131. The van der Waals surface area contributed by atoms with Crippen LogP contribution in [0, 0.1) is 0 Å². The number of nitrogens with zero attached hydrogens (tertiary/aromatic N) is 1. The van der Waals surface area contributed by atoms with Crippen LogP contribution in [0.2, 0.25) is 0 Å². The molecule has 1 heterocycles. The highest BCUT2D eigenvalue weighted by Crippen LogP contribution is 2.22. The molecule has 0 saturated carbocycles. The van der Waals surface area contributed by atoms with Crippen LogP contribution in [-0.2, 0) is 11.3 Å². The molecule has 0 aliphatic rings. The van der Waals surface area contributed by atoms with Crippen LogP contribution in [-0.4, -0.2) is 22.9 Å². The van der Waals surface area contributed by atoms with Gasteiger partial charge in [0.1, 0.15) is 6.61 Å². The molecule has 0 aliphatic carbocycles. The van der Waals surface area contributed by atoms with Crippen LogP contribution >= 0.6 is 0 Å². The number of ether oxygens (including phenoxy) is 1. The predicted octanol–water partition coefficient (Wildman–Crippen LogP) is 3.70. The molecule has 0 radical (unpaired) electrons. The lowest BCUT2D eigenvalue weighted by Gasteiger charge is -2.03. The molecule has 4 heteroatoms. The first-order valence-corrected chi connectivity index (χ1v) is 7.42. The first-order chi connectivity index (χ1) is 11.2. The molecule has 4 nitrogen and oxygen atoms in total. The summed E-state index contributed by atoms with van der Waals surface area (Å²) in [6, 6.07) is 17.1. The molecular formula is C19H17NO3. The van der Waals surface area contributed by atoms with Crippen LogP contribution in [0.4, 0.5) is 0 Å². The molecule has 2 aromatic carbocycles. The van der Waals surface area contributed by atoms with E-state index in [1.54, 1.807) is 6.20 Å². The van der Waals surface area contributed by atoms with Crippen molar-refractivity contribution in [2.75, 3.05) is 6.61 Å². The zero-order valence-electron chi connectivity index (χ0n) is 12.9. The van der Waals surface area contributed by atoms with Gasteiger partial charge in [-0.1, -0.05) is 48.5 Å². The third kappa shape index (κ3) is 3.22. The molecule has 0 bridgehead atoms. The largest absolute Gasteiger partial charge is 0.369 e. The minimum atomic E-state index is -0.128. The summed E-state index contributed by atoms with van der Waals surface area (Å²) in [5, 5.41) is 0.774. The van der Waals surface area contributed by atoms with Gasteiger partial charge in [-0.3, -0.25) is 14.2 Å². The van der Waals surface area contributed by atoms with Gasteiger partial charge in [0, 0.05) is 24.1 Å². The molecule has 116 valence electrons. The molecule has 0 fully saturated rings. The molecule has 0 spiro atoms. The van der Waals surface area contributed by atoms with Crippen LogP contribution in [0.5, 0.6) is 0 Å². The maximum Gasteiger partial charge on any atom is 0.227 e. The number of benzene rings is 2. The van der Waals surface area contributed by atoms with Gasteiger partial charge in [-0.15, -0.1) is 0 Å². The Bertz CT molecular complexity index is 849. The van der Waals surface area contributed by atoms with Gasteiger partial charge in [0.25, 0.3) is 0 Å². The van der Waals surface area contributed by atoms with Crippen molar-refractivity contribution in [3.8, 4) is 0 Å². The number of carbonyl (C=O) groups is 2. The lowest BCUT2D eigenvalue weighted by atomic mass is 10.1. The zero-order valence-corrected chi connectivity index (χ0v) is 12.9. The first-order valence-electron chi connectivity index (χ1n) is 7.42. The van der Waals surface area contributed by atoms with Crippen molar-refractivity contribution in [3.63, 3.8) is 0 Å². The van der Waals surface area contributed by atoms with E-state index in [9.17, 15) is 9.59 Å². The number of carbonyl (C=O) groups excluding carboxylic acids is 2. The van der Waals surface area contributed by atoms with Gasteiger partial charge in [0.15, 0.2) is 5.78 Å². The third-order valence-electron chi connectivity index (χ3n) is 3.70. The van der Waals surface area contributed by atoms with Crippen molar-refractivity contribution >= 4 is 22.6 Å². The fourth-order valence-electron chi connectivity index (χ4n) is 2.58. The fraction of sp³-hybridized carbons (Fsp3) is 0.158. The van der Waals surface area contributed by atoms with Crippen molar-refractivity contribution in [2.45, 2.75) is 13.5 Å². The number of hydrogen-bond acceptors (Lipinski definition) is 3. The summed E-state index contributed by atoms with van der Waals surface area (Å²) >= 11 is 0. The number of hydrogen-bond donors (Lipinski definition) is 0. The maximum absolute atomic E-state index is 12.4. The maximum atomic E-state index is 12.4. The van der Waals surface area contributed by atoms with Crippen molar-refractivity contribution in [1.82, 2.24) is 4.57 Å². The van der Waals surface area contributed by atoms with Gasteiger partial charge in [-0.25, -0.2) is 0 Å². The summed E-state index contributed by atoms with van der Waals surface area (Å²) in [4.78, 5) is 24.1. The van der Waals surface area contributed by atoms with E-state index in [1.807, 2.05) is 54.6 Å². The van der Waals surface area contributed by atoms with Gasteiger partial charge in [0.05, 0.1) is 12.1 Å². The molecule has 3 rings (SSSR count). The van der Waals surface area contributed by atoms with Crippen molar-refractivity contribution in [1.29, 1.82) is 0 Å². The van der Waals surface area contributed by atoms with E-state index in [2.05, 4.69) is 0 Å². The second-order valence-electron chi connectivity index (χ2n) is 5.35. The molecule has 0 saturated heterocycles. The monoisotopic (exact) mass is 307 g/mol. The van der Waals surface area contributed by atoms with Gasteiger partial charge in [0.2, 0.25) is 5.91 Å². The van der Waals surface area contributed by atoms with Crippen LogP contribution < -0.4 is 0 Å². The van der Waals surface area contributed by atoms with E-state index in [0.29, 0.717) is 12.2 Å². The Balaban J connectivity index is 1.77. The normalized spacial score (nSPS) is 10.8. The van der Waals surface area contributed by atoms with Crippen LogP contribution in [0.3, 0.4) is 0 Å². The molecule has 1 aromatic heterocycles. The molecular weight excluding hydrogens is 290 g/mol. The molecule has 23 heavy (non-hydrogen) atoms. The molecule has 0 aliphatic heterocycles. The fourth-order valence-corrected chi connectivity index (χ4v) is 2.58.